The zero-order valence-corrected chi connectivity index (χ0v) is 9.17. The van der Waals surface area contributed by atoms with Gasteiger partial charge in [0.05, 0.1) is 0 Å². The smallest absolute Gasteiger partial charge is 0.387 e. The van der Waals surface area contributed by atoms with Gasteiger partial charge in [-0.3, -0.25) is 0 Å². The summed E-state index contributed by atoms with van der Waals surface area (Å²) in [5.41, 5.74) is 2.01. The van der Waals surface area contributed by atoms with Gasteiger partial charge in [-0.25, -0.2) is 0 Å². The Morgan fingerprint density at radius 2 is 2.25 bits per heavy atom. The Hall–Kier alpha value is -1.16. The van der Waals surface area contributed by atoms with Crippen LogP contribution in [0.15, 0.2) is 18.2 Å². The van der Waals surface area contributed by atoms with Crippen LogP contribution in [0.5, 0.6) is 5.75 Å². The summed E-state index contributed by atoms with van der Waals surface area (Å²) in [6.45, 7) is -2.75. The third-order valence-corrected chi connectivity index (χ3v) is 3.03. The van der Waals surface area contributed by atoms with Crippen LogP contribution >= 0.6 is 0 Å². The van der Waals surface area contributed by atoms with E-state index in [1.165, 1.54) is 0 Å². The van der Waals surface area contributed by atoms with Crippen molar-refractivity contribution in [3.05, 3.63) is 29.3 Å². The van der Waals surface area contributed by atoms with E-state index in [1.54, 1.807) is 12.1 Å². The number of hydrogen-bond donors (Lipinski definition) is 1. The first-order valence-corrected chi connectivity index (χ1v) is 5.46. The highest BCUT2D eigenvalue weighted by molar-refractivity contribution is 5.43. The molecule has 1 N–H and O–H groups in total. The summed E-state index contributed by atoms with van der Waals surface area (Å²) in [6.07, 6.45) is 2.86. The summed E-state index contributed by atoms with van der Waals surface area (Å²) >= 11 is 0. The zero-order chi connectivity index (χ0) is 11.5. The molecule has 88 valence electrons. The van der Waals surface area contributed by atoms with E-state index in [-0.39, 0.29) is 6.04 Å². The maximum atomic E-state index is 12.2. The zero-order valence-electron chi connectivity index (χ0n) is 9.17. The van der Waals surface area contributed by atoms with Crippen molar-refractivity contribution in [2.45, 2.75) is 31.9 Å². The molecule has 0 spiro atoms. The largest absolute Gasteiger partial charge is 0.435 e. The first-order chi connectivity index (χ1) is 7.72. The standard InChI is InChI=1S/C12H15F2NO/c1-15-10-6-2-5-9-8(10)4-3-7-11(9)16-12(13)14/h3-4,7,10,12,15H,2,5-6H2,1H3. The molecule has 0 fully saturated rings. The minimum absolute atomic E-state index is 0.255. The Balaban J connectivity index is 2.34. The molecule has 1 aliphatic carbocycles. The third kappa shape index (κ3) is 2.16. The normalized spacial score (nSPS) is 19.6. The molecule has 1 aliphatic rings. The van der Waals surface area contributed by atoms with E-state index < -0.39 is 6.61 Å². The average Bonchev–Trinajstić information content (AvgIpc) is 2.28. The van der Waals surface area contributed by atoms with E-state index in [4.69, 9.17) is 0 Å². The monoisotopic (exact) mass is 227 g/mol. The van der Waals surface area contributed by atoms with E-state index in [9.17, 15) is 8.78 Å². The predicted molar refractivity (Wildman–Crippen MR) is 57.8 cm³/mol. The Labute approximate surface area is 93.6 Å². The number of nitrogens with one attached hydrogen (secondary N) is 1. The molecule has 0 heterocycles. The Morgan fingerprint density at radius 3 is 2.94 bits per heavy atom. The van der Waals surface area contributed by atoms with Crippen LogP contribution in [0.2, 0.25) is 0 Å². The molecule has 1 atom stereocenters. The fourth-order valence-corrected chi connectivity index (χ4v) is 2.32. The van der Waals surface area contributed by atoms with Gasteiger partial charge < -0.3 is 10.1 Å². The second kappa shape index (κ2) is 4.78. The quantitative estimate of drug-likeness (QED) is 0.857. The highest BCUT2D eigenvalue weighted by Gasteiger charge is 2.22. The van der Waals surface area contributed by atoms with Gasteiger partial charge in [0.25, 0.3) is 0 Å². The Bertz CT molecular complexity index is 368. The molecule has 0 bridgehead atoms. The highest BCUT2D eigenvalue weighted by atomic mass is 19.3. The molecule has 2 rings (SSSR count). The van der Waals surface area contributed by atoms with Gasteiger partial charge in [-0.15, -0.1) is 0 Å². The summed E-state index contributed by atoms with van der Waals surface area (Å²) in [5.74, 6) is 0.326. The lowest BCUT2D eigenvalue weighted by atomic mass is 9.87. The molecule has 1 aromatic rings. The van der Waals surface area contributed by atoms with Crippen LogP contribution in [-0.2, 0) is 6.42 Å². The lowest BCUT2D eigenvalue weighted by molar-refractivity contribution is -0.0506. The first-order valence-electron chi connectivity index (χ1n) is 5.46. The molecule has 0 aliphatic heterocycles. The van der Waals surface area contributed by atoms with Crippen LogP contribution in [0.25, 0.3) is 0 Å². The van der Waals surface area contributed by atoms with Crippen LogP contribution < -0.4 is 10.1 Å². The summed E-state index contributed by atoms with van der Waals surface area (Å²) in [6, 6.07) is 5.62. The number of hydrogen-bond acceptors (Lipinski definition) is 2. The number of halogens is 2. The van der Waals surface area contributed by atoms with Gasteiger partial charge in [0.15, 0.2) is 0 Å². The lowest BCUT2D eigenvalue weighted by Crippen LogP contribution is -2.22. The number of fused-ring (bicyclic) bond motifs is 1. The van der Waals surface area contributed by atoms with Crippen LogP contribution in [0.3, 0.4) is 0 Å². The summed E-state index contributed by atoms with van der Waals surface area (Å²) in [5, 5.41) is 3.20. The minimum atomic E-state index is -2.75. The van der Waals surface area contributed by atoms with Crippen LogP contribution in [0, 0.1) is 0 Å². The molecule has 16 heavy (non-hydrogen) atoms. The van der Waals surface area contributed by atoms with Gasteiger partial charge >= 0.3 is 6.61 Å². The van der Waals surface area contributed by atoms with E-state index in [2.05, 4.69) is 10.1 Å². The minimum Gasteiger partial charge on any atom is -0.435 e. The van der Waals surface area contributed by atoms with Crippen molar-refractivity contribution in [3.63, 3.8) is 0 Å². The summed E-state index contributed by atoms with van der Waals surface area (Å²) in [7, 11) is 1.89. The van der Waals surface area contributed by atoms with Gasteiger partial charge in [0.2, 0.25) is 0 Å². The van der Waals surface area contributed by atoms with Gasteiger partial charge in [0, 0.05) is 6.04 Å². The van der Waals surface area contributed by atoms with Crippen molar-refractivity contribution >= 4 is 0 Å². The molecule has 0 saturated heterocycles. The van der Waals surface area contributed by atoms with Crippen LogP contribution in [0.1, 0.15) is 30.0 Å². The van der Waals surface area contributed by atoms with Crippen molar-refractivity contribution in [1.82, 2.24) is 5.32 Å². The molecule has 1 aromatic carbocycles. The summed E-state index contributed by atoms with van der Waals surface area (Å²) < 4.78 is 29.0. The Kier molecular flexibility index (Phi) is 3.39. The molecule has 0 saturated carbocycles. The molecule has 1 unspecified atom stereocenters. The van der Waals surface area contributed by atoms with Gasteiger partial charge in [0.1, 0.15) is 5.75 Å². The maximum absolute atomic E-state index is 12.2. The van der Waals surface area contributed by atoms with Crippen molar-refractivity contribution in [2.24, 2.45) is 0 Å². The number of benzene rings is 1. The molecule has 0 radical (unpaired) electrons. The van der Waals surface area contributed by atoms with Crippen molar-refractivity contribution in [1.29, 1.82) is 0 Å². The SMILES string of the molecule is CNC1CCCc2c(OC(F)F)cccc21. The molecule has 0 amide bonds. The van der Waals surface area contributed by atoms with Gasteiger partial charge in [-0.05, 0) is 43.5 Å². The number of alkyl halides is 2. The molecule has 0 aromatic heterocycles. The van der Waals surface area contributed by atoms with E-state index in [1.807, 2.05) is 13.1 Å². The van der Waals surface area contributed by atoms with Gasteiger partial charge in [-0.1, -0.05) is 12.1 Å². The first kappa shape index (κ1) is 11.3. The van der Waals surface area contributed by atoms with E-state index in [0.29, 0.717) is 5.75 Å². The molecule has 4 heteroatoms. The van der Waals surface area contributed by atoms with Gasteiger partial charge in [-0.2, -0.15) is 8.78 Å². The van der Waals surface area contributed by atoms with E-state index >= 15 is 0 Å². The molecular formula is C12H15F2NO. The second-order valence-corrected chi connectivity index (χ2v) is 3.94. The highest BCUT2D eigenvalue weighted by Crippen LogP contribution is 2.35. The molecular weight excluding hydrogens is 212 g/mol. The van der Waals surface area contributed by atoms with Crippen molar-refractivity contribution < 1.29 is 13.5 Å². The predicted octanol–water partition coefficient (Wildman–Crippen LogP) is 2.88. The average molecular weight is 227 g/mol. The van der Waals surface area contributed by atoms with Crippen molar-refractivity contribution in [3.8, 4) is 5.75 Å². The van der Waals surface area contributed by atoms with Crippen LogP contribution in [0.4, 0.5) is 8.78 Å². The van der Waals surface area contributed by atoms with E-state index in [0.717, 1.165) is 30.4 Å². The number of ether oxygens (including phenoxy) is 1. The topological polar surface area (TPSA) is 21.3 Å². The second-order valence-electron chi connectivity index (χ2n) is 3.94. The van der Waals surface area contributed by atoms with Crippen molar-refractivity contribution in [2.75, 3.05) is 7.05 Å². The summed E-state index contributed by atoms with van der Waals surface area (Å²) in [4.78, 5) is 0. The number of rotatable bonds is 3. The molecule has 2 nitrogen and oxygen atoms in total. The Morgan fingerprint density at radius 1 is 1.44 bits per heavy atom. The lowest BCUT2D eigenvalue weighted by Gasteiger charge is -2.26. The van der Waals surface area contributed by atoms with Crippen LogP contribution in [-0.4, -0.2) is 13.7 Å². The fraction of sp³-hybridized carbons (Fsp3) is 0.500. The fourth-order valence-electron chi connectivity index (χ4n) is 2.32. The third-order valence-electron chi connectivity index (χ3n) is 3.03. The maximum Gasteiger partial charge on any atom is 0.387 e.